The van der Waals surface area contributed by atoms with Crippen LogP contribution in [0.2, 0.25) is 0 Å². The summed E-state index contributed by atoms with van der Waals surface area (Å²) >= 11 is 3.59. The van der Waals surface area contributed by atoms with Gasteiger partial charge >= 0.3 is 0 Å². The zero-order chi connectivity index (χ0) is 13.0. The van der Waals surface area contributed by atoms with E-state index in [2.05, 4.69) is 63.9 Å². The van der Waals surface area contributed by atoms with E-state index in [0.29, 0.717) is 0 Å². The van der Waals surface area contributed by atoms with E-state index in [-0.39, 0.29) is 6.04 Å². The summed E-state index contributed by atoms with van der Waals surface area (Å²) < 4.78 is 3.43. The highest BCUT2D eigenvalue weighted by atomic mass is 79.9. The average Bonchev–Trinajstić information content (AvgIpc) is 2.79. The summed E-state index contributed by atoms with van der Waals surface area (Å²) in [5.74, 6) is 0. The highest BCUT2D eigenvalue weighted by Crippen LogP contribution is 2.18. The molecule has 1 unspecified atom stereocenters. The van der Waals surface area contributed by atoms with Crippen molar-refractivity contribution in [3.05, 3.63) is 58.3 Å². The van der Waals surface area contributed by atoms with Crippen LogP contribution in [0.1, 0.15) is 24.6 Å². The maximum absolute atomic E-state index is 6.03. The van der Waals surface area contributed by atoms with Crippen molar-refractivity contribution in [2.75, 3.05) is 0 Å². The van der Waals surface area contributed by atoms with Gasteiger partial charge in [0.1, 0.15) is 0 Å². The van der Waals surface area contributed by atoms with Crippen molar-refractivity contribution < 1.29 is 0 Å². The minimum atomic E-state index is 0.248. The number of benzene rings is 1. The Kier molecular flexibility index (Phi) is 4.61. The van der Waals surface area contributed by atoms with Gasteiger partial charge in [-0.1, -0.05) is 41.1 Å². The van der Waals surface area contributed by atoms with Gasteiger partial charge in [-0.05, 0) is 30.2 Å². The summed E-state index contributed by atoms with van der Waals surface area (Å²) in [5.41, 5.74) is 8.63. The molecule has 1 aromatic heterocycles. The summed E-state index contributed by atoms with van der Waals surface area (Å²) in [4.78, 5) is 0. The molecule has 0 fully saturated rings. The lowest BCUT2D eigenvalue weighted by Crippen LogP contribution is -2.23. The third-order valence-electron chi connectivity index (χ3n) is 3.22. The second kappa shape index (κ2) is 6.21. The van der Waals surface area contributed by atoms with Crippen molar-refractivity contribution in [2.45, 2.75) is 32.4 Å². The van der Waals surface area contributed by atoms with Crippen LogP contribution < -0.4 is 5.73 Å². The predicted molar refractivity (Wildman–Crippen MR) is 79.6 cm³/mol. The molecule has 0 radical (unpaired) electrons. The van der Waals surface area contributed by atoms with Crippen molar-refractivity contribution in [3.63, 3.8) is 0 Å². The number of hydrogen-bond donors (Lipinski definition) is 1. The van der Waals surface area contributed by atoms with Crippen LogP contribution in [0.15, 0.2) is 47.1 Å². The molecule has 2 nitrogen and oxygen atoms in total. The summed E-state index contributed by atoms with van der Waals surface area (Å²) in [5, 5.41) is 0. The SMILES string of the molecule is CCC(N)Cc1cccn1Cc1ccccc1Br. The minimum absolute atomic E-state index is 0.248. The Morgan fingerprint density at radius 3 is 2.72 bits per heavy atom. The molecule has 96 valence electrons. The van der Waals surface area contributed by atoms with Crippen molar-refractivity contribution >= 4 is 15.9 Å². The Labute approximate surface area is 117 Å². The molecule has 0 spiro atoms. The second-order valence-electron chi connectivity index (χ2n) is 4.59. The van der Waals surface area contributed by atoms with Crippen LogP contribution in [-0.4, -0.2) is 10.6 Å². The molecule has 0 saturated carbocycles. The van der Waals surface area contributed by atoms with E-state index in [1.165, 1.54) is 11.3 Å². The molecule has 0 bridgehead atoms. The standard InChI is InChI=1S/C15H19BrN2/c1-2-13(17)10-14-7-5-9-18(14)11-12-6-3-4-8-15(12)16/h3-9,13H,2,10-11,17H2,1H3. The summed E-state index contributed by atoms with van der Waals surface area (Å²) in [6.07, 6.45) is 4.07. The lowest BCUT2D eigenvalue weighted by Gasteiger charge is -2.13. The summed E-state index contributed by atoms with van der Waals surface area (Å²) in [6, 6.07) is 12.8. The molecule has 2 N–H and O–H groups in total. The van der Waals surface area contributed by atoms with Gasteiger partial charge in [0, 0.05) is 35.4 Å². The first-order chi connectivity index (χ1) is 8.70. The molecule has 2 rings (SSSR count). The van der Waals surface area contributed by atoms with Crippen LogP contribution >= 0.6 is 15.9 Å². The largest absolute Gasteiger partial charge is 0.347 e. The molecule has 0 aliphatic carbocycles. The second-order valence-corrected chi connectivity index (χ2v) is 5.45. The van der Waals surface area contributed by atoms with Gasteiger partial charge in [-0.2, -0.15) is 0 Å². The van der Waals surface area contributed by atoms with Crippen molar-refractivity contribution in [1.82, 2.24) is 4.57 Å². The minimum Gasteiger partial charge on any atom is -0.347 e. The maximum Gasteiger partial charge on any atom is 0.0484 e. The quantitative estimate of drug-likeness (QED) is 0.899. The molecule has 18 heavy (non-hydrogen) atoms. The first-order valence-electron chi connectivity index (χ1n) is 6.33. The van der Waals surface area contributed by atoms with Crippen LogP contribution in [0.25, 0.3) is 0 Å². The van der Waals surface area contributed by atoms with Gasteiger partial charge in [-0.3, -0.25) is 0 Å². The van der Waals surface area contributed by atoms with E-state index in [1.807, 2.05) is 6.07 Å². The number of aromatic nitrogens is 1. The number of nitrogens with two attached hydrogens (primary N) is 1. The van der Waals surface area contributed by atoms with Gasteiger partial charge in [0.25, 0.3) is 0 Å². The highest BCUT2D eigenvalue weighted by molar-refractivity contribution is 9.10. The van der Waals surface area contributed by atoms with Gasteiger partial charge < -0.3 is 10.3 Å². The number of rotatable bonds is 5. The number of hydrogen-bond acceptors (Lipinski definition) is 1. The van der Waals surface area contributed by atoms with E-state index in [4.69, 9.17) is 5.73 Å². The molecule has 1 atom stereocenters. The van der Waals surface area contributed by atoms with Crippen molar-refractivity contribution in [2.24, 2.45) is 5.73 Å². The van der Waals surface area contributed by atoms with Crippen LogP contribution in [0.3, 0.4) is 0 Å². The first-order valence-corrected chi connectivity index (χ1v) is 7.13. The summed E-state index contributed by atoms with van der Waals surface area (Å²) in [6.45, 7) is 3.02. The Balaban J connectivity index is 2.15. The van der Waals surface area contributed by atoms with Gasteiger partial charge in [0.05, 0.1) is 0 Å². The normalized spacial score (nSPS) is 12.6. The van der Waals surface area contributed by atoms with Crippen molar-refractivity contribution in [3.8, 4) is 0 Å². The predicted octanol–water partition coefficient (Wildman–Crippen LogP) is 3.58. The Morgan fingerprint density at radius 1 is 1.22 bits per heavy atom. The van der Waals surface area contributed by atoms with Crippen molar-refractivity contribution in [1.29, 1.82) is 0 Å². The van der Waals surface area contributed by atoms with Gasteiger partial charge in [-0.15, -0.1) is 0 Å². The molecular formula is C15H19BrN2. The highest BCUT2D eigenvalue weighted by Gasteiger charge is 2.07. The average molecular weight is 307 g/mol. The molecule has 0 aliphatic rings. The van der Waals surface area contributed by atoms with Gasteiger partial charge in [-0.25, -0.2) is 0 Å². The topological polar surface area (TPSA) is 30.9 Å². The van der Waals surface area contributed by atoms with E-state index < -0.39 is 0 Å². The monoisotopic (exact) mass is 306 g/mol. The van der Waals surface area contributed by atoms with Crippen LogP contribution in [0.5, 0.6) is 0 Å². The van der Waals surface area contributed by atoms with Crippen LogP contribution in [0, 0.1) is 0 Å². The lowest BCUT2D eigenvalue weighted by atomic mass is 10.1. The van der Waals surface area contributed by atoms with E-state index in [0.717, 1.165) is 23.9 Å². The van der Waals surface area contributed by atoms with Gasteiger partial charge in [0.15, 0.2) is 0 Å². The molecule has 1 heterocycles. The molecule has 3 heteroatoms. The third kappa shape index (κ3) is 3.24. The Bertz CT molecular complexity index is 505. The fraction of sp³-hybridized carbons (Fsp3) is 0.333. The molecule has 2 aromatic rings. The molecule has 0 saturated heterocycles. The lowest BCUT2D eigenvalue weighted by molar-refractivity contribution is 0.610. The summed E-state index contributed by atoms with van der Waals surface area (Å²) in [7, 11) is 0. The Hall–Kier alpha value is -1.06. The molecule has 0 amide bonds. The van der Waals surface area contributed by atoms with Crippen LogP contribution in [0.4, 0.5) is 0 Å². The zero-order valence-electron chi connectivity index (χ0n) is 10.6. The third-order valence-corrected chi connectivity index (χ3v) is 3.99. The molecule has 1 aromatic carbocycles. The van der Waals surface area contributed by atoms with E-state index in [9.17, 15) is 0 Å². The maximum atomic E-state index is 6.03. The first kappa shape index (κ1) is 13.4. The van der Waals surface area contributed by atoms with E-state index >= 15 is 0 Å². The fourth-order valence-corrected chi connectivity index (χ4v) is 2.42. The van der Waals surface area contributed by atoms with Gasteiger partial charge in [0.2, 0.25) is 0 Å². The smallest absolute Gasteiger partial charge is 0.0484 e. The van der Waals surface area contributed by atoms with E-state index in [1.54, 1.807) is 0 Å². The number of nitrogens with zero attached hydrogens (tertiary/aromatic N) is 1. The molecule has 0 aliphatic heterocycles. The number of halogens is 1. The van der Waals surface area contributed by atoms with Crippen LogP contribution in [-0.2, 0) is 13.0 Å². The molecular weight excluding hydrogens is 288 g/mol. The Morgan fingerprint density at radius 2 is 2.00 bits per heavy atom. The zero-order valence-corrected chi connectivity index (χ0v) is 12.2. The fourth-order valence-electron chi connectivity index (χ4n) is 2.01.